The molecule has 0 spiro atoms. The molecule has 1 heterocycles. The SMILES string of the molecule is CCCOC(=O)c1ccc(NC(=O)[C@H](Cc2ccccc2)N2C(=O)[C@@H]3[C@@H](C2=O)C2(Cl)c4ccccc4C3(Cl)c3ccccc32)cc1. The van der Waals surface area contributed by atoms with E-state index >= 15 is 0 Å². The topological polar surface area (TPSA) is 92.8 Å². The summed E-state index contributed by atoms with van der Waals surface area (Å²) in [4.78, 5) is 54.0. The summed E-state index contributed by atoms with van der Waals surface area (Å²) in [5.74, 6) is -4.14. The molecule has 1 fully saturated rings. The van der Waals surface area contributed by atoms with Crippen molar-refractivity contribution in [3.8, 4) is 0 Å². The van der Waals surface area contributed by atoms with Crippen LogP contribution in [0.15, 0.2) is 103 Å². The van der Waals surface area contributed by atoms with Crippen molar-refractivity contribution in [1.82, 2.24) is 4.90 Å². The number of carbonyl (C=O) groups is 4. The first-order chi connectivity index (χ1) is 22.2. The van der Waals surface area contributed by atoms with E-state index in [0.29, 0.717) is 46.5 Å². The molecule has 0 aromatic heterocycles. The fraction of sp³-hybridized carbons (Fsp3) is 0.243. The van der Waals surface area contributed by atoms with Gasteiger partial charge in [0.05, 0.1) is 24.0 Å². The molecular formula is C37H30Cl2N2O5. The molecular weight excluding hydrogens is 623 g/mol. The van der Waals surface area contributed by atoms with Gasteiger partial charge in [0.1, 0.15) is 15.8 Å². The second-order valence-corrected chi connectivity index (χ2v) is 13.1. The van der Waals surface area contributed by atoms with Gasteiger partial charge < -0.3 is 10.1 Å². The summed E-state index contributed by atoms with van der Waals surface area (Å²) in [6.07, 6.45) is 0.779. The van der Waals surface area contributed by atoms with Gasteiger partial charge in [-0.05, 0) is 58.5 Å². The molecule has 232 valence electrons. The number of likely N-dealkylation sites (tertiary alicyclic amines) is 1. The highest BCUT2D eigenvalue weighted by Crippen LogP contribution is 2.69. The average Bonchev–Trinajstić information content (AvgIpc) is 3.36. The summed E-state index contributed by atoms with van der Waals surface area (Å²) in [5.41, 5.74) is 4.27. The van der Waals surface area contributed by atoms with Crippen LogP contribution >= 0.6 is 23.2 Å². The molecule has 4 aromatic rings. The first-order valence-corrected chi connectivity index (χ1v) is 16.0. The number of halogens is 2. The van der Waals surface area contributed by atoms with E-state index in [9.17, 15) is 19.2 Å². The normalized spacial score (nSPS) is 24.5. The lowest BCUT2D eigenvalue weighted by molar-refractivity contribution is -0.146. The summed E-state index contributed by atoms with van der Waals surface area (Å²) < 4.78 is 5.20. The Morgan fingerprint density at radius 3 is 1.72 bits per heavy atom. The minimum Gasteiger partial charge on any atom is -0.462 e. The van der Waals surface area contributed by atoms with Gasteiger partial charge >= 0.3 is 5.97 Å². The Morgan fingerprint density at radius 1 is 0.761 bits per heavy atom. The molecule has 9 heteroatoms. The van der Waals surface area contributed by atoms with Gasteiger partial charge in [-0.3, -0.25) is 19.3 Å². The van der Waals surface area contributed by atoms with Crippen LogP contribution in [0.5, 0.6) is 0 Å². The van der Waals surface area contributed by atoms with Crippen LogP contribution in [-0.2, 0) is 35.3 Å². The third-order valence-electron chi connectivity index (χ3n) is 9.33. The van der Waals surface area contributed by atoms with E-state index in [0.717, 1.165) is 10.5 Å². The van der Waals surface area contributed by atoms with Crippen LogP contribution < -0.4 is 5.32 Å². The first kappa shape index (κ1) is 30.2. The molecule has 7 nitrogen and oxygen atoms in total. The summed E-state index contributed by atoms with van der Waals surface area (Å²) >= 11 is 15.2. The molecule has 2 bridgehead atoms. The van der Waals surface area contributed by atoms with Gasteiger partial charge in [0.15, 0.2) is 0 Å². The third-order valence-corrected chi connectivity index (χ3v) is 10.6. The minimum atomic E-state index is -1.36. The fourth-order valence-corrected chi connectivity index (χ4v) is 8.43. The van der Waals surface area contributed by atoms with Crippen LogP contribution in [-0.4, -0.2) is 41.2 Å². The maximum atomic E-state index is 14.6. The maximum Gasteiger partial charge on any atom is 0.338 e. The fourth-order valence-electron chi connectivity index (χ4n) is 7.33. The Morgan fingerprint density at radius 2 is 1.24 bits per heavy atom. The Bertz CT molecular complexity index is 1750. The maximum absolute atomic E-state index is 14.6. The van der Waals surface area contributed by atoms with Crippen molar-refractivity contribution in [2.75, 3.05) is 11.9 Å². The second kappa shape index (κ2) is 11.4. The van der Waals surface area contributed by atoms with Crippen LogP contribution in [0.4, 0.5) is 5.69 Å². The number of ether oxygens (including phenoxy) is 1. The number of benzene rings is 4. The van der Waals surface area contributed by atoms with E-state index in [1.54, 1.807) is 24.3 Å². The van der Waals surface area contributed by atoms with Gasteiger partial charge in [-0.25, -0.2) is 4.79 Å². The molecule has 0 radical (unpaired) electrons. The van der Waals surface area contributed by atoms with E-state index < -0.39 is 51.3 Å². The number of anilines is 1. The van der Waals surface area contributed by atoms with Crippen LogP contribution in [0.2, 0.25) is 0 Å². The highest BCUT2D eigenvalue weighted by molar-refractivity contribution is 6.36. The Balaban J connectivity index is 1.27. The van der Waals surface area contributed by atoms with E-state index in [1.807, 2.05) is 85.8 Å². The standard InChI is InChI=1S/C37H30Cl2N2O5/c1-2-20-46-35(45)23-16-18-24(19-17-23)40-32(42)29(21-22-10-4-3-5-11-22)41-33(43)30-31(34(41)44)37(39)26-13-7-6-12-25(26)36(30,38)27-14-8-9-15-28(27)37/h3-19,29-31H,2,20-21H2,1H3,(H,40,42)/t29-,30-,31-,36?,37?/m0/s1. The number of imide groups is 1. The number of nitrogens with one attached hydrogen (secondary N) is 1. The van der Waals surface area contributed by atoms with Crippen LogP contribution in [0, 0.1) is 11.8 Å². The Kier molecular flexibility index (Phi) is 7.49. The third kappa shape index (κ3) is 4.40. The summed E-state index contributed by atoms with van der Waals surface area (Å²) in [5, 5.41) is 2.86. The Labute approximate surface area is 276 Å². The average molecular weight is 654 g/mol. The smallest absolute Gasteiger partial charge is 0.338 e. The molecule has 3 aliphatic carbocycles. The Hall–Kier alpha value is -4.46. The predicted molar refractivity (Wildman–Crippen MR) is 175 cm³/mol. The van der Waals surface area contributed by atoms with E-state index in [-0.39, 0.29) is 6.42 Å². The van der Waals surface area contributed by atoms with Crippen molar-refractivity contribution in [1.29, 1.82) is 0 Å². The monoisotopic (exact) mass is 652 g/mol. The van der Waals surface area contributed by atoms with Crippen molar-refractivity contribution in [2.45, 2.75) is 35.6 Å². The van der Waals surface area contributed by atoms with E-state index in [4.69, 9.17) is 27.9 Å². The van der Waals surface area contributed by atoms with Crippen molar-refractivity contribution < 1.29 is 23.9 Å². The zero-order valence-corrected chi connectivity index (χ0v) is 26.4. The highest BCUT2D eigenvalue weighted by atomic mass is 35.5. The summed E-state index contributed by atoms with van der Waals surface area (Å²) in [7, 11) is 0. The van der Waals surface area contributed by atoms with Gasteiger partial charge in [0.25, 0.3) is 0 Å². The van der Waals surface area contributed by atoms with Crippen LogP contribution in [0.25, 0.3) is 0 Å². The minimum absolute atomic E-state index is 0.0789. The number of hydrogen-bond acceptors (Lipinski definition) is 5. The summed E-state index contributed by atoms with van der Waals surface area (Å²) in [6, 6.07) is 29.1. The number of nitrogens with zero attached hydrogens (tertiary/aromatic N) is 1. The van der Waals surface area contributed by atoms with Gasteiger partial charge in [-0.1, -0.05) is 85.8 Å². The zero-order chi connectivity index (χ0) is 32.2. The molecule has 1 aliphatic heterocycles. The second-order valence-electron chi connectivity index (χ2n) is 11.9. The molecule has 3 amide bonds. The van der Waals surface area contributed by atoms with Gasteiger partial charge in [-0.15, -0.1) is 23.2 Å². The lowest BCUT2D eigenvalue weighted by Crippen LogP contribution is -2.57. The van der Waals surface area contributed by atoms with Crippen LogP contribution in [0.1, 0.15) is 51.5 Å². The van der Waals surface area contributed by atoms with Gasteiger partial charge in [-0.2, -0.15) is 0 Å². The molecule has 8 rings (SSSR count). The highest BCUT2D eigenvalue weighted by Gasteiger charge is 2.73. The quantitative estimate of drug-likeness (QED) is 0.135. The number of rotatable bonds is 8. The molecule has 4 aliphatic rings. The molecule has 1 N–H and O–H groups in total. The lowest BCUT2D eigenvalue weighted by Gasteiger charge is -2.54. The number of carbonyl (C=O) groups excluding carboxylic acids is 4. The number of esters is 1. The zero-order valence-electron chi connectivity index (χ0n) is 24.9. The molecule has 0 saturated carbocycles. The van der Waals surface area contributed by atoms with Crippen molar-refractivity contribution >= 4 is 52.6 Å². The van der Waals surface area contributed by atoms with Crippen molar-refractivity contribution in [3.05, 3.63) is 137 Å². The number of alkyl halides is 2. The van der Waals surface area contributed by atoms with E-state index in [2.05, 4.69) is 5.32 Å². The number of hydrogen-bond donors (Lipinski definition) is 1. The molecule has 4 aromatic carbocycles. The first-order valence-electron chi connectivity index (χ1n) is 15.3. The predicted octanol–water partition coefficient (Wildman–Crippen LogP) is 6.40. The molecule has 3 atom stereocenters. The largest absolute Gasteiger partial charge is 0.462 e. The van der Waals surface area contributed by atoms with Gasteiger partial charge in [0.2, 0.25) is 17.7 Å². The molecule has 1 saturated heterocycles. The number of amides is 3. The van der Waals surface area contributed by atoms with Crippen molar-refractivity contribution in [3.63, 3.8) is 0 Å². The molecule has 46 heavy (non-hydrogen) atoms. The summed E-state index contributed by atoms with van der Waals surface area (Å²) in [6.45, 7) is 2.21. The van der Waals surface area contributed by atoms with Crippen molar-refractivity contribution in [2.24, 2.45) is 11.8 Å². The van der Waals surface area contributed by atoms with Gasteiger partial charge in [0, 0.05) is 12.1 Å². The molecule has 0 unspecified atom stereocenters. The van der Waals surface area contributed by atoms with Crippen LogP contribution in [0.3, 0.4) is 0 Å². The lowest BCUT2D eigenvalue weighted by atomic mass is 9.54. The van der Waals surface area contributed by atoms with E-state index in [1.165, 1.54) is 0 Å².